The topological polar surface area (TPSA) is 122 Å². The van der Waals surface area contributed by atoms with Crippen molar-refractivity contribution in [1.82, 2.24) is 10.6 Å². The molecule has 0 aliphatic carbocycles. The molecule has 0 aliphatic rings. The zero-order valence-corrected chi connectivity index (χ0v) is 10.1. The van der Waals surface area contributed by atoms with Gasteiger partial charge in [-0.15, -0.1) is 0 Å². The van der Waals surface area contributed by atoms with Gasteiger partial charge >= 0.3 is 6.18 Å². The number of halogens is 3. The van der Waals surface area contributed by atoms with Crippen LogP contribution in [0.25, 0.3) is 0 Å². The van der Waals surface area contributed by atoms with Crippen LogP contribution >= 0.6 is 0 Å². The van der Waals surface area contributed by atoms with Gasteiger partial charge in [0.15, 0.2) is 5.96 Å². The van der Waals surface area contributed by atoms with Crippen LogP contribution in [-0.4, -0.2) is 11.9 Å². The van der Waals surface area contributed by atoms with Crippen molar-refractivity contribution in [2.24, 2.45) is 16.2 Å². The molecule has 0 saturated heterocycles. The molecule has 0 heterocycles. The number of nitrogens with two attached hydrogens (primary N) is 1. The van der Waals surface area contributed by atoms with E-state index in [9.17, 15) is 13.2 Å². The molecule has 108 valence electrons. The molecule has 0 bridgehead atoms. The number of guanidine groups is 2. The SMILES string of the molecule is N=C(N=NN)NC(=N)NCc1ccc(C(F)(F)F)cc1. The van der Waals surface area contributed by atoms with Gasteiger partial charge in [-0.2, -0.15) is 13.2 Å². The molecule has 0 unspecified atom stereocenters. The molecule has 0 spiro atoms. The van der Waals surface area contributed by atoms with Gasteiger partial charge in [0.05, 0.1) is 5.56 Å². The van der Waals surface area contributed by atoms with E-state index in [1.165, 1.54) is 12.1 Å². The van der Waals surface area contributed by atoms with Crippen LogP contribution in [-0.2, 0) is 12.7 Å². The van der Waals surface area contributed by atoms with Crippen molar-refractivity contribution in [1.29, 1.82) is 10.8 Å². The average molecular weight is 287 g/mol. The number of alkyl halides is 3. The summed E-state index contributed by atoms with van der Waals surface area (Å²) in [5.41, 5.74) is -0.184. The van der Waals surface area contributed by atoms with Crippen molar-refractivity contribution in [3.63, 3.8) is 0 Å². The Hall–Kier alpha value is -2.65. The fourth-order valence-electron chi connectivity index (χ4n) is 1.25. The summed E-state index contributed by atoms with van der Waals surface area (Å²) in [6.45, 7) is 0.122. The van der Waals surface area contributed by atoms with E-state index in [1.54, 1.807) is 0 Å². The molecule has 6 N–H and O–H groups in total. The lowest BCUT2D eigenvalue weighted by molar-refractivity contribution is -0.137. The van der Waals surface area contributed by atoms with Crippen molar-refractivity contribution in [2.45, 2.75) is 12.7 Å². The number of nitrogens with zero attached hydrogens (tertiary/aromatic N) is 2. The Labute approximate surface area is 112 Å². The third-order valence-corrected chi connectivity index (χ3v) is 2.15. The van der Waals surface area contributed by atoms with E-state index in [-0.39, 0.29) is 12.5 Å². The van der Waals surface area contributed by atoms with Crippen LogP contribution in [0.15, 0.2) is 34.6 Å². The summed E-state index contributed by atoms with van der Waals surface area (Å²) in [6, 6.07) is 4.51. The van der Waals surface area contributed by atoms with E-state index in [4.69, 9.17) is 16.7 Å². The largest absolute Gasteiger partial charge is 0.416 e. The van der Waals surface area contributed by atoms with E-state index in [1.807, 2.05) is 0 Å². The van der Waals surface area contributed by atoms with Gasteiger partial charge in [-0.05, 0) is 17.7 Å². The molecule has 7 nitrogen and oxygen atoms in total. The van der Waals surface area contributed by atoms with Gasteiger partial charge in [0.1, 0.15) is 0 Å². The van der Waals surface area contributed by atoms with Crippen molar-refractivity contribution in [2.75, 3.05) is 0 Å². The molecule has 0 fully saturated rings. The van der Waals surface area contributed by atoms with Crippen molar-refractivity contribution < 1.29 is 13.2 Å². The van der Waals surface area contributed by atoms with Gasteiger partial charge in [-0.1, -0.05) is 22.5 Å². The van der Waals surface area contributed by atoms with Gasteiger partial charge in [0.25, 0.3) is 0 Å². The number of hydrogen-bond donors (Lipinski definition) is 5. The van der Waals surface area contributed by atoms with Crippen LogP contribution in [0.4, 0.5) is 13.2 Å². The minimum Gasteiger partial charge on any atom is -0.352 e. The first-order chi connectivity index (χ1) is 9.32. The van der Waals surface area contributed by atoms with Gasteiger partial charge in [0, 0.05) is 6.54 Å². The summed E-state index contributed by atoms with van der Waals surface area (Å²) in [7, 11) is 0. The van der Waals surface area contributed by atoms with Crippen LogP contribution in [0.3, 0.4) is 0 Å². The Morgan fingerprint density at radius 1 is 1.20 bits per heavy atom. The fourth-order valence-corrected chi connectivity index (χ4v) is 1.25. The molecule has 1 aromatic carbocycles. The Morgan fingerprint density at radius 3 is 2.30 bits per heavy atom. The Balaban J connectivity index is 2.50. The monoisotopic (exact) mass is 287 g/mol. The second-order valence-electron chi connectivity index (χ2n) is 3.61. The quantitative estimate of drug-likeness (QED) is 0.186. The number of rotatable bonds is 2. The lowest BCUT2D eigenvalue weighted by Crippen LogP contribution is -2.38. The summed E-state index contributed by atoms with van der Waals surface area (Å²) in [5.74, 6) is 4.03. The van der Waals surface area contributed by atoms with Crippen molar-refractivity contribution in [3.8, 4) is 0 Å². The summed E-state index contributed by atoms with van der Waals surface area (Å²) in [5, 5.41) is 25.3. The predicted molar refractivity (Wildman–Crippen MR) is 65.9 cm³/mol. The van der Waals surface area contributed by atoms with E-state index in [0.717, 1.165) is 12.1 Å². The Kier molecular flexibility index (Phi) is 5.01. The van der Waals surface area contributed by atoms with Crippen LogP contribution in [0.1, 0.15) is 11.1 Å². The number of benzene rings is 1. The van der Waals surface area contributed by atoms with Crippen LogP contribution in [0.2, 0.25) is 0 Å². The highest BCUT2D eigenvalue weighted by Crippen LogP contribution is 2.28. The maximum atomic E-state index is 12.3. The second-order valence-corrected chi connectivity index (χ2v) is 3.61. The normalized spacial score (nSPS) is 11.3. The maximum Gasteiger partial charge on any atom is 0.416 e. The minimum atomic E-state index is -4.37. The maximum absolute atomic E-state index is 12.3. The van der Waals surface area contributed by atoms with E-state index in [0.29, 0.717) is 5.56 Å². The van der Waals surface area contributed by atoms with E-state index < -0.39 is 17.7 Å². The second kappa shape index (κ2) is 6.50. The number of nitrogens with one attached hydrogen (secondary N) is 4. The summed E-state index contributed by atoms with van der Waals surface area (Å²) >= 11 is 0. The third kappa shape index (κ3) is 4.92. The summed E-state index contributed by atoms with van der Waals surface area (Å²) in [6.07, 6.45) is -4.37. The molecule has 0 aliphatic heterocycles. The predicted octanol–water partition coefficient (Wildman–Crippen LogP) is 1.58. The smallest absolute Gasteiger partial charge is 0.352 e. The van der Waals surface area contributed by atoms with Gasteiger partial charge in [0.2, 0.25) is 5.96 Å². The highest BCUT2D eigenvalue weighted by atomic mass is 19.4. The lowest BCUT2D eigenvalue weighted by atomic mass is 10.1. The van der Waals surface area contributed by atoms with Gasteiger partial charge < -0.3 is 11.2 Å². The first-order valence-electron chi connectivity index (χ1n) is 5.28. The summed E-state index contributed by atoms with van der Waals surface area (Å²) in [4.78, 5) is 0. The van der Waals surface area contributed by atoms with E-state index in [2.05, 4.69) is 21.0 Å². The van der Waals surface area contributed by atoms with E-state index >= 15 is 0 Å². The first-order valence-corrected chi connectivity index (χ1v) is 5.28. The third-order valence-electron chi connectivity index (χ3n) is 2.15. The Morgan fingerprint density at radius 2 is 1.80 bits per heavy atom. The lowest BCUT2D eigenvalue weighted by Gasteiger charge is -2.10. The molecular weight excluding hydrogens is 275 g/mol. The van der Waals surface area contributed by atoms with Crippen LogP contribution < -0.4 is 16.5 Å². The molecule has 0 radical (unpaired) electrons. The zero-order chi connectivity index (χ0) is 15.2. The van der Waals surface area contributed by atoms with Crippen molar-refractivity contribution in [3.05, 3.63) is 35.4 Å². The highest BCUT2D eigenvalue weighted by Gasteiger charge is 2.29. The van der Waals surface area contributed by atoms with Crippen LogP contribution in [0, 0.1) is 10.8 Å². The van der Waals surface area contributed by atoms with Crippen LogP contribution in [0.5, 0.6) is 0 Å². The molecule has 0 aromatic heterocycles. The molecule has 0 saturated carbocycles. The standard InChI is InChI=1S/C10H12F3N7/c11-10(12,13)7-3-1-6(2-4-7)5-17-8(14)18-9(15)19-20-16/h1-4H,5H2,(H6,14,15,16,17,18,19). The molecule has 0 amide bonds. The van der Waals surface area contributed by atoms with Gasteiger partial charge in [-0.25, -0.2) is 0 Å². The Bertz CT molecular complexity index is 507. The molecule has 1 rings (SSSR count). The molecular formula is C10H12F3N7. The highest BCUT2D eigenvalue weighted by molar-refractivity contribution is 5.95. The average Bonchev–Trinajstić information content (AvgIpc) is 2.36. The molecule has 0 atom stereocenters. The van der Waals surface area contributed by atoms with Crippen molar-refractivity contribution >= 4 is 11.9 Å². The molecule has 1 aromatic rings. The number of hydrogen-bond acceptors (Lipinski definition) is 3. The molecule has 10 heteroatoms. The first kappa shape index (κ1) is 15.4. The minimum absolute atomic E-state index is 0.122. The fraction of sp³-hybridized carbons (Fsp3) is 0.200. The molecule has 20 heavy (non-hydrogen) atoms. The van der Waals surface area contributed by atoms with Gasteiger partial charge in [-0.3, -0.25) is 16.1 Å². The summed E-state index contributed by atoms with van der Waals surface area (Å²) < 4.78 is 37.0. The zero-order valence-electron chi connectivity index (χ0n) is 10.1.